The minimum absolute atomic E-state index is 0.406. The maximum Gasteiger partial charge on any atom is 0.130 e. The van der Waals surface area contributed by atoms with Gasteiger partial charge in [-0.15, -0.1) is 0 Å². The summed E-state index contributed by atoms with van der Waals surface area (Å²) in [5, 5.41) is 0. The second-order valence-corrected chi connectivity index (χ2v) is 4.85. The Morgan fingerprint density at radius 1 is 1.16 bits per heavy atom. The van der Waals surface area contributed by atoms with E-state index in [0.717, 1.165) is 29.0 Å². The van der Waals surface area contributed by atoms with E-state index in [9.17, 15) is 0 Å². The summed E-state index contributed by atoms with van der Waals surface area (Å²) in [7, 11) is 0. The monoisotopic (exact) mass is 271 g/mol. The molecule has 0 heterocycles. The van der Waals surface area contributed by atoms with E-state index >= 15 is 0 Å². The molecule has 19 heavy (non-hydrogen) atoms. The Morgan fingerprint density at radius 3 is 2.53 bits per heavy atom. The zero-order valence-electron chi connectivity index (χ0n) is 11.1. The van der Waals surface area contributed by atoms with Crippen LogP contribution in [0.15, 0.2) is 42.5 Å². The quantitative estimate of drug-likeness (QED) is 0.854. The number of nitrogens with two attached hydrogens (primary N) is 1. The van der Waals surface area contributed by atoms with E-state index in [1.807, 2.05) is 43.3 Å². The van der Waals surface area contributed by atoms with Crippen LogP contribution in [0.1, 0.15) is 23.6 Å². The number of benzene rings is 2. The van der Waals surface area contributed by atoms with Crippen LogP contribution in [0.25, 0.3) is 0 Å². The zero-order chi connectivity index (χ0) is 13.8. The summed E-state index contributed by atoms with van der Waals surface area (Å²) in [6.45, 7) is 4.11. The number of para-hydroxylation sites is 1. The fourth-order valence-electron chi connectivity index (χ4n) is 1.93. The van der Waals surface area contributed by atoms with Gasteiger partial charge in [-0.05, 0) is 48.7 Å². The van der Waals surface area contributed by atoms with Crippen LogP contribution in [-0.4, -0.2) is 4.99 Å². The molecular formula is C16H17NOS. The van der Waals surface area contributed by atoms with Gasteiger partial charge in [-0.1, -0.05) is 37.3 Å². The number of aryl methyl sites for hydroxylation is 2. The summed E-state index contributed by atoms with van der Waals surface area (Å²) in [6.07, 6.45) is 0.945. The average molecular weight is 271 g/mol. The van der Waals surface area contributed by atoms with Crippen molar-refractivity contribution in [3.63, 3.8) is 0 Å². The lowest BCUT2D eigenvalue weighted by Gasteiger charge is -2.12. The van der Waals surface area contributed by atoms with E-state index in [-0.39, 0.29) is 0 Å². The molecule has 0 aliphatic carbocycles. The van der Waals surface area contributed by atoms with Crippen LogP contribution in [0, 0.1) is 6.92 Å². The van der Waals surface area contributed by atoms with Crippen molar-refractivity contribution in [3.05, 3.63) is 59.2 Å². The Hall–Kier alpha value is -1.87. The van der Waals surface area contributed by atoms with Crippen molar-refractivity contribution < 1.29 is 4.74 Å². The molecule has 0 saturated heterocycles. The lowest BCUT2D eigenvalue weighted by molar-refractivity contribution is 0.473. The zero-order valence-corrected chi connectivity index (χ0v) is 12.0. The van der Waals surface area contributed by atoms with Crippen molar-refractivity contribution in [2.45, 2.75) is 20.3 Å². The van der Waals surface area contributed by atoms with Crippen molar-refractivity contribution in [1.29, 1.82) is 0 Å². The maximum absolute atomic E-state index is 5.98. The molecule has 2 nitrogen and oxygen atoms in total. The molecule has 0 fully saturated rings. The first-order valence-electron chi connectivity index (χ1n) is 6.28. The van der Waals surface area contributed by atoms with Crippen LogP contribution in [0.4, 0.5) is 0 Å². The van der Waals surface area contributed by atoms with Gasteiger partial charge in [0.05, 0.1) is 0 Å². The number of thiocarbonyl (C=S) groups is 1. The van der Waals surface area contributed by atoms with Crippen LogP contribution in [-0.2, 0) is 6.42 Å². The molecule has 2 rings (SSSR count). The van der Waals surface area contributed by atoms with Gasteiger partial charge in [0.25, 0.3) is 0 Å². The van der Waals surface area contributed by atoms with Crippen LogP contribution < -0.4 is 10.5 Å². The number of rotatable bonds is 4. The Balaban J connectivity index is 2.31. The molecule has 0 aliphatic rings. The number of ether oxygens (including phenoxy) is 1. The molecule has 0 spiro atoms. The molecule has 0 saturated carbocycles. The molecule has 2 aromatic carbocycles. The summed E-state index contributed by atoms with van der Waals surface area (Å²) in [5.41, 5.74) is 8.71. The molecule has 3 heteroatoms. The van der Waals surface area contributed by atoms with Gasteiger partial charge in [-0.25, -0.2) is 0 Å². The molecule has 0 amide bonds. The van der Waals surface area contributed by atoms with Crippen molar-refractivity contribution in [1.82, 2.24) is 0 Å². The van der Waals surface area contributed by atoms with Gasteiger partial charge in [0.1, 0.15) is 16.5 Å². The molecule has 2 N–H and O–H groups in total. The molecule has 0 aromatic heterocycles. The molecule has 0 bridgehead atoms. The highest BCUT2D eigenvalue weighted by Crippen LogP contribution is 2.28. The SMILES string of the molecule is CCc1ccccc1Oc1ccc(C(N)=S)cc1C. The van der Waals surface area contributed by atoms with Crippen LogP contribution in [0.2, 0.25) is 0 Å². The predicted octanol–water partition coefficient (Wildman–Crippen LogP) is 3.98. The Bertz CT molecular complexity index is 607. The van der Waals surface area contributed by atoms with E-state index in [2.05, 4.69) is 13.0 Å². The standard InChI is InChI=1S/C16H17NOS/c1-3-12-6-4-5-7-15(12)18-14-9-8-13(16(17)19)10-11(14)2/h4-10H,3H2,1-2H3,(H2,17,19). The lowest BCUT2D eigenvalue weighted by Crippen LogP contribution is -2.09. The predicted molar refractivity (Wildman–Crippen MR) is 83.0 cm³/mol. The van der Waals surface area contributed by atoms with Gasteiger partial charge in [0.15, 0.2) is 0 Å². The molecular weight excluding hydrogens is 254 g/mol. The van der Waals surface area contributed by atoms with Crippen LogP contribution in [0.5, 0.6) is 11.5 Å². The fourth-order valence-corrected chi connectivity index (χ4v) is 2.06. The average Bonchev–Trinajstić information content (AvgIpc) is 2.41. The highest BCUT2D eigenvalue weighted by Gasteiger charge is 2.06. The highest BCUT2D eigenvalue weighted by atomic mass is 32.1. The van der Waals surface area contributed by atoms with E-state index in [1.165, 1.54) is 5.56 Å². The van der Waals surface area contributed by atoms with Crippen LogP contribution in [0.3, 0.4) is 0 Å². The van der Waals surface area contributed by atoms with Gasteiger partial charge in [-0.2, -0.15) is 0 Å². The van der Waals surface area contributed by atoms with Gasteiger partial charge < -0.3 is 10.5 Å². The maximum atomic E-state index is 5.98. The molecule has 0 radical (unpaired) electrons. The largest absolute Gasteiger partial charge is 0.457 e. The second-order valence-electron chi connectivity index (χ2n) is 4.41. The second kappa shape index (κ2) is 5.85. The summed E-state index contributed by atoms with van der Waals surface area (Å²) < 4.78 is 5.98. The number of hydrogen-bond donors (Lipinski definition) is 1. The fraction of sp³-hybridized carbons (Fsp3) is 0.188. The minimum atomic E-state index is 0.406. The Labute approximate surface area is 119 Å². The van der Waals surface area contributed by atoms with E-state index in [1.54, 1.807) is 0 Å². The summed E-state index contributed by atoms with van der Waals surface area (Å²) in [6, 6.07) is 13.8. The third-order valence-electron chi connectivity index (χ3n) is 3.03. The normalized spacial score (nSPS) is 10.2. The molecule has 0 atom stereocenters. The first-order chi connectivity index (χ1) is 9.11. The third-order valence-corrected chi connectivity index (χ3v) is 3.27. The lowest BCUT2D eigenvalue weighted by atomic mass is 10.1. The summed E-state index contributed by atoms with van der Waals surface area (Å²) >= 11 is 4.97. The topological polar surface area (TPSA) is 35.2 Å². The van der Waals surface area contributed by atoms with Gasteiger partial charge in [0.2, 0.25) is 0 Å². The first-order valence-corrected chi connectivity index (χ1v) is 6.69. The van der Waals surface area contributed by atoms with E-state index in [4.69, 9.17) is 22.7 Å². The van der Waals surface area contributed by atoms with Gasteiger partial charge >= 0.3 is 0 Å². The Morgan fingerprint density at radius 2 is 1.89 bits per heavy atom. The molecule has 2 aromatic rings. The Kier molecular flexibility index (Phi) is 4.17. The molecule has 0 aliphatic heterocycles. The first kappa shape index (κ1) is 13.6. The number of hydrogen-bond acceptors (Lipinski definition) is 2. The smallest absolute Gasteiger partial charge is 0.130 e. The highest BCUT2D eigenvalue weighted by molar-refractivity contribution is 7.80. The molecule has 0 unspecified atom stereocenters. The summed E-state index contributed by atoms with van der Waals surface area (Å²) in [4.78, 5) is 0.406. The molecule has 98 valence electrons. The minimum Gasteiger partial charge on any atom is -0.457 e. The van der Waals surface area contributed by atoms with Crippen molar-refractivity contribution in [2.24, 2.45) is 5.73 Å². The van der Waals surface area contributed by atoms with Crippen molar-refractivity contribution >= 4 is 17.2 Å². The summed E-state index contributed by atoms with van der Waals surface area (Å²) in [5.74, 6) is 1.73. The van der Waals surface area contributed by atoms with Crippen molar-refractivity contribution in [3.8, 4) is 11.5 Å². The van der Waals surface area contributed by atoms with Crippen LogP contribution >= 0.6 is 12.2 Å². The van der Waals surface area contributed by atoms with E-state index < -0.39 is 0 Å². The van der Waals surface area contributed by atoms with Gasteiger partial charge in [-0.3, -0.25) is 0 Å². The third kappa shape index (κ3) is 3.12. The van der Waals surface area contributed by atoms with E-state index in [0.29, 0.717) is 4.99 Å². The van der Waals surface area contributed by atoms with Crippen molar-refractivity contribution in [2.75, 3.05) is 0 Å². The van der Waals surface area contributed by atoms with Gasteiger partial charge in [0, 0.05) is 5.56 Å².